The summed E-state index contributed by atoms with van der Waals surface area (Å²) in [5.41, 5.74) is 0.878. The van der Waals surface area contributed by atoms with Crippen LogP contribution in [0.3, 0.4) is 0 Å². The highest BCUT2D eigenvalue weighted by molar-refractivity contribution is 7.89. The molecule has 6 nitrogen and oxygen atoms in total. The zero-order valence-electron chi connectivity index (χ0n) is 13.9. The number of hydrogen-bond donors (Lipinski definition) is 1. The van der Waals surface area contributed by atoms with Gasteiger partial charge < -0.3 is 10.1 Å². The molecule has 1 amide bonds. The van der Waals surface area contributed by atoms with E-state index < -0.39 is 21.8 Å². The highest BCUT2D eigenvalue weighted by Gasteiger charge is 2.21. The molecule has 1 aromatic heterocycles. The molecule has 1 atom stereocenters. The third kappa shape index (κ3) is 5.99. The first-order valence-corrected chi connectivity index (χ1v) is 10.4. The Balaban J connectivity index is 2.18. The SMILES string of the molecule is COC(=O)C[C@H](NC(=O)c1cccc(CS(C)(=O)=O)c1)c1cccs1. The molecule has 0 aliphatic rings. The quantitative estimate of drug-likeness (QED) is 0.744. The van der Waals surface area contributed by atoms with E-state index in [0.717, 1.165) is 11.1 Å². The Bertz CT molecular complexity index is 844. The van der Waals surface area contributed by atoms with Crippen LogP contribution >= 0.6 is 11.3 Å². The molecule has 0 unspecified atom stereocenters. The smallest absolute Gasteiger partial charge is 0.307 e. The zero-order valence-corrected chi connectivity index (χ0v) is 15.5. The van der Waals surface area contributed by atoms with Crippen molar-refractivity contribution in [3.8, 4) is 0 Å². The van der Waals surface area contributed by atoms with Gasteiger partial charge in [0.15, 0.2) is 9.84 Å². The fourth-order valence-electron chi connectivity index (χ4n) is 2.31. The number of nitrogens with one attached hydrogen (secondary N) is 1. The van der Waals surface area contributed by atoms with E-state index in [9.17, 15) is 18.0 Å². The highest BCUT2D eigenvalue weighted by Crippen LogP contribution is 2.23. The molecule has 0 spiro atoms. The molecule has 1 N–H and O–H groups in total. The molecule has 0 aliphatic heterocycles. The number of rotatable bonds is 7. The van der Waals surface area contributed by atoms with Crippen molar-refractivity contribution < 1.29 is 22.7 Å². The average Bonchev–Trinajstić information content (AvgIpc) is 3.07. The Hall–Kier alpha value is -2.19. The number of carbonyl (C=O) groups excluding carboxylic acids is 2. The summed E-state index contributed by atoms with van der Waals surface area (Å²) in [6.07, 6.45) is 1.16. The standard InChI is InChI=1S/C17H19NO5S2/c1-23-16(19)10-14(15-7-4-8-24-15)18-17(20)13-6-3-5-12(9-13)11-25(2,21)22/h3-9,14H,10-11H2,1-2H3,(H,18,20)/t14-/m0/s1. The minimum absolute atomic E-state index is 0.0196. The topological polar surface area (TPSA) is 89.5 Å². The lowest BCUT2D eigenvalue weighted by atomic mass is 10.1. The Morgan fingerprint density at radius 1 is 1.24 bits per heavy atom. The molecule has 25 heavy (non-hydrogen) atoms. The number of carbonyl (C=O) groups is 2. The van der Waals surface area contributed by atoms with Gasteiger partial charge in [-0.25, -0.2) is 8.42 Å². The molecule has 0 radical (unpaired) electrons. The van der Waals surface area contributed by atoms with Crippen LogP contribution in [0, 0.1) is 0 Å². The minimum atomic E-state index is -3.19. The Morgan fingerprint density at radius 3 is 2.60 bits per heavy atom. The van der Waals surface area contributed by atoms with E-state index in [2.05, 4.69) is 10.1 Å². The Morgan fingerprint density at radius 2 is 2.00 bits per heavy atom. The van der Waals surface area contributed by atoms with Gasteiger partial charge in [0.25, 0.3) is 5.91 Å². The first-order valence-electron chi connectivity index (χ1n) is 7.46. The van der Waals surface area contributed by atoms with Gasteiger partial charge in [-0.1, -0.05) is 18.2 Å². The van der Waals surface area contributed by atoms with E-state index in [0.29, 0.717) is 11.1 Å². The van der Waals surface area contributed by atoms with E-state index >= 15 is 0 Å². The predicted molar refractivity (Wildman–Crippen MR) is 96.1 cm³/mol. The van der Waals surface area contributed by atoms with Crippen molar-refractivity contribution >= 4 is 33.1 Å². The van der Waals surface area contributed by atoms with E-state index in [1.807, 2.05) is 17.5 Å². The molecule has 0 aliphatic carbocycles. The van der Waals surface area contributed by atoms with Gasteiger partial charge in [-0.15, -0.1) is 11.3 Å². The molecule has 0 saturated carbocycles. The largest absolute Gasteiger partial charge is 0.469 e. The van der Waals surface area contributed by atoms with Crippen LogP contribution < -0.4 is 5.32 Å². The number of sulfone groups is 1. The number of thiophene rings is 1. The summed E-state index contributed by atoms with van der Waals surface area (Å²) >= 11 is 1.43. The van der Waals surface area contributed by atoms with Crippen LogP contribution in [0.2, 0.25) is 0 Å². The fraction of sp³-hybridized carbons (Fsp3) is 0.294. The molecule has 2 rings (SSSR count). The summed E-state index contributed by atoms with van der Waals surface area (Å²) in [6, 6.07) is 9.60. The van der Waals surface area contributed by atoms with Crippen molar-refractivity contribution in [3.05, 3.63) is 57.8 Å². The number of esters is 1. The second-order valence-corrected chi connectivity index (χ2v) is 8.71. The lowest BCUT2D eigenvalue weighted by Gasteiger charge is -2.16. The zero-order chi connectivity index (χ0) is 18.4. The van der Waals surface area contributed by atoms with Crippen molar-refractivity contribution in [2.45, 2.75) is 18.2 Å². The number of amides is 1. The number of benzene rings is 1. The number of ether oxygens (including phenoxy) is 1. The van der Waals surface area contributed by atoms with Crippen LogP contribution in [0.15, 0.2) is 41.8 Å². The second-order valence-electron chi connectivity index (χ2n) is 5.59. The molecular weight excluding hydrogens is 362 g/mol. The molecule has 134 valence electrons. The second kappa shape index (κ2) is 8.26. The molecule has 8 heteroatoms. The molecule has 0 fully saturated rings. The average molecular weight is 381 g/mol. The maximum atomic E-state index is 12.5. The Labute approximate surface area is 150 Å². The summed E-state index contributed by atoms with van der Waals surface area (Å²) in [5, 5.41) is 4.67. The highest BCUT2D eigenvalue weighted by atomic mass is 32.2. The van der Waals surface area contributed by atoms with Crippen molar-refractivity contribution in [2.24, 2.45) is 0 Å². The first-order chi connectivity index (χ1) is 11.8. The van der Waals surface area contributed by atoms with Crippen LogP contribution in [0.4, 0.5) is 0 Å². The van der Waals surface area contributed by atoms with Crippen molar-refractivity contribution in [2.75, 3.05) is 13.4 Å². The number of hydrogen-bond acceptors (Lipinski definition) is 6. The van der Waals surface area contributed by atoms with Crippen molar-refractivity contribution in [1.82, 2.24) is 5.32 Å². The fourth-order valence-corrected chi connectivity index (χ4v) is 3.87. The van der Waals surface area contributed by atoms with Crippen LogP contribution in [0.5, 0.6) is 0 Å². The van der Waals surface area contributed by atoms with Gasteiger partial charge in [0.05, 0.1) is 25.3 Å². The third-order valence-corrected chi connectivity index (χ3v) is 5.25. The molecule has 2 aromatic rings. The summed E-state index contributed by atoms with van der Waals surface area (Å²) in [7, 11) is -1.89. The Kier molecular flexibility index (Phi) is 6.33. The maximum Gasteiger partial charge on any atom is 0.307 e. The van der Waals surface area contributed by atoms with Crippen LogP contribution in [0.1, 0.15) is 33.3 Å². The first kappa shape index (κ1) is 19.1. The number of methoxy groups -OCH3 is 1. The minimum Gasteiger partial charge on any atom is -0.469 e. The van der Waals surface area contributed by atoms with Crippen LogP contribution in [0.25, 0.3) is 0 Å². The lowest BCUT2D eigenvalue weighted by molar-refractivity contribution is -0.141. The maximum absolute atomic E-state index is 12.5. The van der Waals surface area contributed by atoms with Crippen LogP contribution in [-0.2, 0) is 25.1 Å². The van der Waals surface area contributed by atoms with Gasteiger partial charge in [-0.2, -0.15) is 0 Å². The van der Waals surface area contributed by atoms with E-state index in [1.54, 1.807) is 24.3 Å². The summed E-state index contributed by atoms with van der Waals surface area (Å²) < 4.78 is 27.5. The molecular formula is C17H19NO5S2. The lowest BCUT2D eigenvalue weighted by Crippen LogP contribution is -2.30. The third-order valence-electron chi connectivity index (χ3n) is 3.41. The molecule has 1 heterocycles. The predicted octanol–water partition coefficient (Wildman–Crippen LogP) is 2.33. The van der Waals surface area contributed by atoms with E-state index in [-0.39, 0.29) is 18.1 Å². The summed E-state index contributed by atoms with van der Waals surface area (Å²) in [5.74, 6) is -0.938. The van der Waals surface area contributed by atoms with Gasteiger partial charge in [0.1, 0.15) is 0 Å². The van der Waals surface area contributed by atoms with Gasteiger partial charge in [0, 0.05) is 16.7 Å². The van der Waals surface area contributed by atoms with Gasteiger partial charge >= 0.3 is 5.97 Å². The van der Waals surface area contributed by atoms with Crippen LogP contribution in [-0.4, -0.2) is 33.7 Å². The van der Waals surface area contributed by atoms with Crippen molar-refractivity contribution in [1.29, 1.82) is 0 Å². The van der Waals surface area contributed by atoms with Gasteiger partial charge in [-0.05, 0) is 29.1 Å². The van der Waals surface area contributed by atoms with Crippen molar-refractivity contribution in [3.63, 3.8) is 0 Å². The molecule has 0 saturated heterocycles. The monoisotopic (exact) mass is 381 g/mol. The normalized spacial score (nSPS) is 12.4. The van der Waals surface area contributed by atoms with E-state index in [1.165, 1.54) is 18.4 Å². The molecule has 0 bridgehead atoms. The van der Waals surface area contributed by atoms with Gasteiger partial charge in [0.2, 0.25) is 0 Å². The van der Waals surface area contributed by atoms with Gasteiger partial charge in [-0.3, -0.25) is 9.59 Å². The summed E-state index contributed by atoms with van der Waals surface area (Å²) in [4.78, 5) is 25.0. The molecule has 1 aromatic carbocycles. The van der Waals surface area contributed by atoms with E-state index in [4.69, 9.17) is 0 Å². The summed E-state index contributed by atoms with van der Waals surface area (Å²) in [6.45, 7) is 0.